The van der Waals surface area contributed by atoms with Crippen molar-refractivity contribution in [3.05, 3.63) is 77.4 Å². The third-order valence-electron chi connectivity index (χ3n) is 6.30. The van der Waals surface area contributed by atoms with Crippen LogP contribution in [0.3, 0.4) is 0 Å². The number of rotatable bonds is 9. The van der Waals surface area contributed by atoms with Crippen LogP contribution < -0.4 is 20.7 Å². The first-order valence-corrected chi connectivity index (χ1v) is 12.2. The van der Waals surface area contributed by atoms with Crippen LogP contribution in [0.1, 0.15) is 40.3 Å². The molecule has 4 rings (SSSR count). The highest BCUT2D eigenvalue weighted by Gasteiger charge is 2.29. The quantitative estimate of drug-likeness (QED) is 0.261. The Bertz CT molecular complexity index is 1530. The van der Waals surface area contributed by atoms with Crippen molar-refractivity contribution in [2.45, 2.75) is 20.4 Å². The lowest BCUT2D eigenvalue weighted by Crippen LogP contribution is -2.44. The van der Waals surface area contributed by atoms with Crippen molar-refractivity contribution in [1.82, 2.24) is 31.1 Å². The maximum atomic E-state index is 13.2. The number of carbonyl (C=O) groups excluding carboxylic acids is 3. The van der Waals surface area contributed by atoms with Crippen LogP contribution in [0.4, 0.5) is 4.39 Å². The van der Waals surface area contributed by atoms with Crippen molar-refractivity contribution in [2.24, 2.45) is 5.41 Å². The first kappa shape index (κ1) is 27.2. The number of amides is 3. The highest BCUT2D eigenvalue weighted by atomic mass is 19.1. The van der Waals surface area contributed by atoms with E-state index in [4.69, 9.17) is 4.74 Å². The molecule has 0 saturated heterocycles. The number of hydrogen-bond acceptors (Lipinski definition) is 6. The molecule has 10 nitrogen and oxygen atoms in total. The van der Waals surface area contributed by atoms with E-state index in [1.807, 2.05) is 12.1 Å². The second-order valence-electron chi connectivity index (χ2n) is 9.57. The van der Waals surface area contributed by atoms with Crippen molar-refractivity contribution in [3.8, 4) is 17.0 Å². The summed E-state index contributed by atoms with van der Waals surface area (Å²) in [5.74, 6) is -1.23. The molecule has 0 radical (unpaired) electrons. The number of halogens is 1. The largest absolute Gasteiger partial charge is 0.480 e. The second-order valence-corrected chi connectivity index (χ2v) is 9.57. The van der Waals surface area contributed by atoms with E-state index in [1.54, 1.807) is 44.3 Å². The fourth-order valence-electron chi connectivity index (χ4n) is 3.93. The second kappa shape index (κ2) is 11.3. The van der Waals surface area contributed by atoms with Gasteiger partial charge in [0.1, 0.15) is 11.4 Å². The SMILES string of the molecule is CNC(=O)c1n[nH]c2cc(-c3cnc(OC)c(C(=O)NCC(C)(C)C(=O)NCc4ccc(F)cc4)c3)ccc12. The van der Waals surface area contributed by atoms with Crippen LogP contribution in [0.15, 0.2) is 54.7 Å². The summed E-state index contributed by atoms with van der Waals surface area (Å²) in [5.41, 5.74) is 2.37. The van der Waals surface area contributed by atoms with Gasteiger partial charge in [0.15, 0.2) is 5.69 Å². The van der Waals surface area contributed by atoms with Gasteiger partial charge >= 0.3 is 0 Å². The van der Waals surface area contributed by atoms with Gasteiger partial charge < -0.3 is 20.7 Å². The van der Waals surface area contributed by atoms with E-state index in [0.29, 0.717) is 16.5 Å². The maximum Gasteiger partial charge on any atom is 0.272 e. The van der Waals surface area contributed by atoms with E-state index in [2.05, 4.69) is 31.1 Å². The van der Waals surface area contributed by atoms with Crippen LogP contribution in [0.25, 0.3) is 22.0 Å². The Morgan fingerprint density at radius 2 is 1.74 bits per heavy atom. The van der Waals surface area contributed by atoms with Crippen LogP contribution in [0, 0.1) is 11.2 Å². The van der Waals surface area contributed by atoms with Crippen LogP contribution in [-0.4, -0.2) is 53.6 Å². The van der Waals surface area contributed by atoms with Crippen LogP contribution in [-0.2, 0) is 11.3 Å². The minimum Gasteiger partial charge on any atom is -0.480 e. The van der Waals surface area contributed by atoms with E-state index < -0.39 is 11.3 Å². The Labute approximate surface area is 224 Å². The molecule has 3 amide bonds. The summed E-state index contributed by atoms with van der Waals surface area (Å²) in [5, 5.41) is 15.8. The number of aromatic nitrogens is 3. The molecule has 11 heteroatoms. The molecule has 2 aromatic carbocycles. The summed E-state index contributed by atoms with van der Waals surface area (Å²) in [6.45, 7) is 3.72. The monoisotopic (exact) mass is 532 g/mol. The zero-order valence-electron chi connectivity index (χ0n) is 22.0. The number of methoxy groups -OCH3 is 1. The van der Waals surface area contributed by atoms with E-state index >= 15 is 0 Å². The molecule has 0 fully saturated rings. The number of fused-ring (bicyclic) bond motifs is 1. The highest BCUT2D eigenvalue weighted by Crippen LogP contribution is 2.28. The normalized spacial score (nSPS) is 11.2. The van der Waals surface area contributed by atoms with Crippen molar-refractivity contribution in [2.75, 3.05) is 20.7 Å². The minimum atomic E-state index is -0.928. The van der Waals surface area contributed by atoms with Crippen molar-refractivity contribution >= 4 is 28.6 Å². The van der Waals surface area contributed by atoms with Gasteiger partial charge in [-0.2, -0.15) is 5.10 Å². The Kier molecular flexibility index (Phi) is 7.89. The summed E-state index contributed by atoms with van der Waals surface area (Å²) >= 11 is 0. The summed E-state index contributed by atoms with van der Waals surface area (Å²) < 4.78 is 18.4. The molecule has 0 aliphatic rings. The van der Waals surface area contributed by atoms with E-state index in [-0.39, 0.29) is 47.9 Å². The van der Waals surface area contributed by atoms with Crippen LogP contribution in [0.2, 0.25) is 0 Å². The molecule has 0 atom stereocenters. The number of benzene rings is 2. The predicted molar refractivity (Wildman–Crippen MR) is 144 cm³/mol. The summed E-state index contributed by atoms with van der Waals surface area (Å²) in [6.07, 6.45) is 1.58. The highest BCUT2D eigenvalue weighted by molar-refractivity contribution is 6.05. The molecular formula is C28H29FN6O4. The number of hydrogen-bond donors (Lipinski definition) is 4. The zero-order valence-corrected chi connectivity index (χ0v) is 22.0. The number of carbonyl (C=O) groups is 3. The average Bonchev–Trinajstić information content (AvgIpc) is 3.38. The molecule has 202 valence electrons. The summed E-state index contributed by atoms with van der Waals surface area (Å²) in [6, 6.07) is 12.9. The average molecular weight is 533 g/mol. The molecule has 0 spiro atoms. The first-order chi connectivity index (χ1) is 18.6. The Morgan fingerprint density at radius 3 is 2.44 bits per heavy atom. The first-order valence-electron chi connectivity index (χ1n) is 12.2. The lowest BCUT2D eigenvalue weighted by molar-refractivity contribution is -0.129. The molecule has 4 aromatic rings. The van der Waals surface area contributed by atoms with Crippen molar-refractivity contribution in [3.63, 3.8) is 0 Å². The number of nitrogens with one attached hydrogen (secondary N) is 4. The van der Waals surface area contributed by atoms with Crippen LogP contribution in [0.5, 0.6) is 5.88 Å². The van der Waals surface area contributed by atoms with Gasteiger partial charge in [-0.3, -0.25) is 19.5 Å². The molecule has 0 saturated carbocycles. The van der Waals surface area contributed by atoms with Gasteiger partial charge in [0.25, 0.3) is 11.8 Å². The lowest BCUT2D eigenvalue weighted by atomic mass is 9.92. The van der Waals surface area contributed by atoms with Gasteiger partial charge in [-0.25, -0.2) is 9.37 Å². The zero-order chi connectivity index (χ0) is 28.2. The minimum absolute atomic E-state index is 0.0524. The van der Waals surface area contributed by atoms with Crippen molar-refractivity contribution < 1.29 is 23.5 Å². The van der Waals surface area contributed by atoms with Crippen LogP contribution >= 0.6 is 0 Å². The summed E-state index contributed by atoms with van der Waals surface area (Å²) in [4.78, 5) is 42.2. The maximum absolute atomic E-state index is 13.2. The number of ether oxygens (including phenoxy) is 1. The number of H-pyrrole nitrogens is 1. The van der Waals surface area contributed by atoms with Gasteiger partial charge in [0.2, 0.25) is 11.8 Å². The third-order valence-corrected chi connectivity index (χ3v) is 6.30. The molecule has 4 N–H and O–H groups in total. The lowest BCUT2D eigenvalue weighted by Gasteiger charge is -2.24. The Balaban J connectivity index is 1.47. The number of aromatic amines is 1. The van der Waals surface area contributed by atoms with Gasteiger partial charge in [-0.15, -0.1) is 0 Å². The molecule has 0 aliphatic heterocycles. The summed E-state index contributed by atoms with van der Waals surface area (Å²) in [7, 11) is 2.96. The molecule has 2 heterocycles. The van der Waals surface area contributed by atoms with E-state index in [1.165, 1.54) is 26.3 Å². The molecular weight excluding hydrogens is 503 g/mol. The van der Waals surface area contributed by atoms with E-state index in [9.17, 15) is 18.8 Å². The molecule has 0 aliphatic carbocycles. The molecule has 39 heavy (non-hydrogen) atoms. The fraction of sp³-hybridized carbons (Fsp3) is 0.250. The van der Waals surface area contributed by atoms with E-state index in [0.717, 1.165) is 11.1 Å². The number of pyridine rings is 1. The molecule has 0 unspecified atom stereocenters. The molecule has 0 bridgehead atoms. The third kappa shape index (κ3) is 6.03. The smallest absolute Gasteiger partial charge is 0.272 e. The number of nitrogens with zero attached hydrogens (tertiary/aromatic N) is 2. The Morgan fingerprint density at radius 1 is 1.00 bits per heavy atom. The molecule has 2 aromatic heterocycles. The predicted octanol–water partition coefficient (Wildman–Crippen LogP) is 3.20. The Hall–Kier alpha value is -4.80. The van der Waals surface area contributed by atoms with Crippen molar-refractivity contribution in [1.29, 1.82) is 0 Å². The standard InChI is InChI=1S/C28H29FN6O4/c1-28(2,27(38)32-13-16-5-8-19(29)9-6-16)15-33-24(36)21-11-18(14-31-26(21)39-4)17-7-10-20-22(12-17)34-35-23(20)25(37)30-3/h5-12,14H,13,15H2,1-4H3,(H,30,37)(H,32,38)(H,33,36)(H,34,35). The topological polar surface area (TPSA) is 138 Å². The van der Waals surface area contributed by atoms with Gasteiger partial charge in [0, 0.05) is 37.3 Å². The van der Waals surface area contributed by atoms with Gasteiger partial charge in [0.05, 0.1) is 18.0 Å². The van der Waals surface area contributed by atoms with Gasteiger partial charge in [-0.1, -0.05) is 18.2 Å². The van der Waals surface area contributed by atoms with Gasteiger partial charge in [-0.05, 0) is 55.3 Å². The fourth-order valence-corrected chi connectivity index (χ4v) is 3.93.